The fraction of sp³-hybridized carbons (Fsp3) is 0.538. The Hall–Kier alpha value is -0.380. The average molecular weight is 283 g/mol. The van der Waals surface area contributed by atoms with E-state index in [2.05, 4.69) is 50.8 Å². The maximum Gasteiger partial charge on any atom is 0.0473 e. The number of hydrogen-bond acceptors (Lipinski definition) is 2. The second-order valence-electron chi connectivity index (χ2n) is 4.38. The first-order valence-corrected chi connectivity index (χ1v) is 6.76. The molecule has 3 heteroatoms. The molecule has 88 valence electrons. The summed E-state index contributed by atoms with van der Waals surface area (Å²) in [5, 5.41) is 7.04. The van der Waals surface area contributed by atoms with E-state index >= 15 is 0 Å². The zero-order valence-corrected chi connectivity index (χ0v) is 11.3. The van der Waals surface area contributed by atoms with Crippen LogP contribution in [0.1, 0.15) is 30.9 Å². The molecule has 2 nitrogen and oxygen atoms in total. The highest BCUT2D eigenvalue weighted by Gasteiger charge is 2.23. The van der Waals surface area contributed by atoms with Crippen LogP contribution in [0.4, 0.5) is 0 Å². The predicted molar refractivity (Wildman–Crippen MR) is 71.6 cm³/mol. The zero-order valence-electron chi connectivity index (χ0n) is 9.67. The van der Waals surface area contributed by atoms with Crippen LogP contribution in [0, 0.1) is 0 Å². The average Bonchev–Trinajstić information content (AvgIpc) is 2.31. The van der Waals surface area contributed by atoms with Gasteiger partial charge in [0.05, 0.1) is 0 Å². The van der Waals surface area contributed by atoms with Crippen LogP contribution in [0.25, 0.3) is 0 Å². The molecule has 1 aliphatic heterocycles. The summed E-state index contributed by atoms with van der Waals surface area (Å²) >= 11 is 3.54. The Balaban J connectivity index is 2.14. The first-order valence-electron chi connectivity index (χ1n) is 5.97. The maximum absolute atomic E-state index is 3.61. The van der Waals surface area contributed by atoms with Gasteiger partial charge in [0, 0.05) is 16.6 Å². The molecular formula is C13H19BrN2. The summed E-state index contributed by atoms with van der Waals surface area (Å²) in [5.41, 5.74) is 1.36. The Labute approximate surface area is 106 Å². The lowest BCUT2D eigenvalue weighted by molar-refractivity contribution is 0.326. The Morgan fingerprint density at radius 1 is 1.44 bits per heavy atom. The van der Waals surface area contributed by atoms with Crippen LogP contribution in [0.3, 0.4) is 0 Å². The van der Waals surface area contributed by atoms with E-state index in [1.807, 2.05) is 7.05 Å². The van der Waals surface area contributed by atoms with E-state index in [1.54, 1.807) is 0 Å². The van der Waals surface area contributed by atoms with Gasteiger partial charge >= 0.3 is 0 Å². The van der Waals surface area contributed by atoms with Crippen LogP contribution < -0.4 is 10.6 Å². The molecule has 0 amide bonds. The van der Waals surface area contributed by atoms with Crippen molar-refractivity contribution in [2.24, 2.45) is 0 Å². The van der Waals surface area contributed by atoms with Crippen molar-refractivity contribution in [3.63, 3.8) is 0 Å². The third kappa shape index (κ3) is 2.84. The number of likely N-dealkylation sites (N-methyl/N-ethyl adjacent to an activating group) is 1. The molecule has 1 aliphatic rings. The third-order valence-corrected chi connectivity index (χ3v) is 3.76. The van der Waals surface area contributed by atoms with Crippen molar-refractivity contribution < 1.29 is 0 Å². The molecule has 1 aromatic carbocycles. The van der Waals surface area contributed by atoms with Gasteiger partial charge in [-0.05, 0) is 44.1 Å². The van der Waals surface area contributed by atoms with Gasteiger partial charge in [-0.15, -0.1) is 0 Å². The van der Waals surface area contributed by atoms with Crippen molar-refractivity contribution in [2.75, 3.05) is 13.6 Å². The molecule has 0 bridgehead atoms. The Kier molecular flexibility index (Phi) is 4.38. The van der Waals surface area contributed by atoms with Crippen molar-refractivity contribution in [2.45, 2.75) is 31.3 Å². The largest absolute Gasteiger partial charge is 0.312 e. The minimum atomic E-state index is 0.415. The molecule has 2 atom stereocenters. The first kappa shape index (κ1) is 12.1. The quantitative estimate of drug-likeness (QED) is 0.891. The second-order valence-corrected chi connectivity index (χ2v) is 5.29. The number of nitrogens with one attached hydrogen (secondary N) is 2. The Bertz CT molecular complexity index is 334. The topological polar surface area (TPSA) is 24.1 Å². The van der Waals surface area contributed by atoms with Gasteiger partial charge in [0.2, 0.25) is 0 Å². The summed E-state index contributed by atoms with van der Waals surface area (Å²) < 4.78 is 1.15. The van der Waals surface area contributed by atoms with Crippen molar-refractivity contribution in [3.8, 4) is 0 Å². The summed E-state index contributed by atoms with van der Waals surface area (Å²) in [5.74, 6) is 0. The molecule has 16 heavy (non-hydrogen) atoms. The maximum atomic E-state index is 3.61. The molecule has 0 saturated carbocycles. The minimum absolute atomic E-state index is 0.415. The lowest BCUT2D eigenvalue weighted by Gasteiger charge is -2.31. The van der Waals surface area contributed by atoms with E-state index < -0.39 is 0 Å². The van der Waals surface area contributed by atoms with E-state index in [0.29, 0.717) is 12.1 Å². The van der Waals surface area contributed by atoms with Gasteiger partial charge in [-0.1, -0.05) is 34.5 Å². The summed E-state index contributed by atoms with van der Waals surface area (Å²) in [6.07, 6.45) is 3.91. The first-order chi connectivity index (χ1) is 7.81. The minimum Gasteiger partial charge on any atom is -0.312 e. The van der Waals surface area contributed by atoms with Crippen LogP contribution in [-0.2, 0) is 0 Å². The molecule has 0 radical (unpaired) electrons. The van der Waals surface area contributed by atoms with E-state index in [0.717, 1.165) is 11.0 Å². The molecule has 2 rings (SSSR count). The number of benzene rings is 1. The van der Waals surface area contributed by atoms with Gasteiger partial charge in [-0.25, -0.2) is 0 Å². The fourth-order valence-corrected chi connectivity index (χ4v) is 2.88. The standard InChI is InChI=1S/C13H19BrN2/c1-15-13(12-7-2-3-8-16-12)10-5-4-6-11(14)9-10/h4-6,9,12-13,15-16H,2-3,7-8H2,1H3. The summed E-state index contributed by atoms with van der Waals surface area (Å²) in [7, 11) is 2.04. The van der Waals surface area contributed by atoms with Crippen molar-refractivity contribution in [1.29, 1.82) is 0 Å². The van der Waals surface area contributed by atoms with Gasteiger partial charge < -0.3 is 10.6 Å². The molecule has 0 spiro atoms. The van der Waals surface area contributed by atoms with Gasteiger partial charge in [0.25, 0.3) is 0 Å². The van der Waals surface area contributed by atoms with Crippen LogP contribution in [0.2, 0.25) is 0 Å². The van der Waals surface area contributed by atoms with E-state index in [9.17, 15) is 0 Å². The Morgan fingerprint density at radius 3 is 2.94 bits per heavy atom. The fourth-order valence-electron chi connectivity index (χ4n) is 2.46. The van der Waals surface area contributed by atoms with Gasteiger partial charge in [-0.2, -0.15) is 0 Å². The molecule has 2 unspecified atom stereocenters. The number of piperidine rings is 1. The number of halogens is 1. The van der Waals surface area contributed by atoms with E-state index in [-0.39, 0.29) is 0 Å². The zero-order chi connectivity index (χ0) is 11.4. The van der Waals surface area contributed by atoms with Gasteiger partial charge in [-0.3, -0.25) is 0 Å². The molecule has 1 aromatic rings. The Morgan fingerprint density at radius 2 is 2.31 bits per heavy atom. The molecule has 2 N–H and O–H groups in total. The molecule has 1 saturated heterocycles. The lowest BCUT2D eigenvalue weighted by atomic mass is 9.93. The number of rotatable bonds is 3. The predicted octanol–water partition coefficient (Wildman–Crippen LogP) is 2.85. The molecule has 1 heterocycles. The van der Waals surface area contributed by atoms with E-state index in [1.165, 1.54) is 24.8 Å². The smallest absolute Gasteiger partial charge is 0.0473 e. The number of hydrogen-bond donors (Lipinski definition) is 2. The van der Waals surface area contributed by atoms with Gasteiger partial charge in [0.1, 0.15) is 0 Å². The van der Waals surface area contributed by atoms with Gasteiger partial charge in [0.15, 0.2) is 0 Å². The SMILES string of the molecule is CNC(c1cccc(Br)c1)C1CCCCN1. The normalized spacial score (nSPS) is 23.0. The summed E-state index contributed by atoms with van der Waals surface area (Å²) in [6.45, 7) is 1.15. The highest BCUT2D eigenvalue weighted by atomic mass is 79.9. The van der Waals surface area contributed by atoms with Crippen LogP contribution in [-0.4, -0.2) is 19.6 Å². The van der Waals surface area contributed by atoms with Crippen LogP contribution >= 0.6 is 15.9 Å². The van der Waals surface area contributed by atoms with Crippen LogP contribution in [0.15, 0.2) is 28.7 Å². The molecule has 1 fully saturated rings. The highest BCUT2D eigenvalue weighted by molar-refractivity contribution is 9.10. The third-order valence-electron chi connectivity index (χ3n) is 3.27. The molecular weight excluding hydrogens is 264 g/mol. The van der Waals surface area contributed by atoms with Crippen molar-refractivity contribution in [1.82, 2.24) is 10.6 Å². The monoisotopic (exact) mass is 282 g/mol. The highest BCUT2D eigenvalue weighted by Crippen LogP contribution is 2.24. The second kappa shape index (κ2) is 5.80. The van der Waals surface area contributed by atoms with Crippen molar-refractivity contribution >= 4 is 15.9 Å². The molecule has 0 aliphatic carbocycles. The lowest BCUT2D eigenvalue weighted by Crippen LogP contribution is -2.43. The van der Waals surface area contributed by atoms with E-state index in [4.69, 9.17) is 0 Å². The summed E-state index contributed by atoms with van der Waals surface area (Å²) in [6, 6.07) is 9.56. The van der Waals surface area contributed by atoms with Crippen LogP contribution in [0.5, 0.6) is 0 Å². The van der Waals surface area contributed by atoms with Crippen molar-refractivity contribution in [3.05, 3.63) is 34.3 Å². The molecule has 0 aromatic heterocycles. The summed E-state index contributed by atoms with van der Waals surface area (Å²) in [4.78, 5) is 0.